The average Bonchev–Trinajstić information content (AvgIpc) is 2.68. The highest BCUT2D eigenvalue weighted by molar-refractivity contribution is 6.30. The first-order valence-corrected chi connectivity index (χ1v) is 5.79. The molecule has 0 atom stereocenters. The second kappa shape index (κ2) is 5.29. The van der Waals surface area contributed by atoms with Crippen molar-refractivity contribution in [3.05, 3.63) is 47.3 Å². The van der Waals surface area contributed by atoms with Gasteiger partial charge in [0.15, 0.2) is 0 Å². The van der Waals surface area contributed by atoms with Crippen molar-refractivity contribution in [1.29, 1.82) is 0 Å². The molecule has 0 saturated carbocycles. The number of aryl methyl sites for hydroxylation is 1. The standard InChI is InChI=1S/C12H15ClN4/c1-16(9-11-14-6-7-17(11)2)8-10-4-3-5-15-12(10)13/h3-7H,8-9H2,1-2H3. The zero-order valence-corrected chi connectivity index (χ0v) is 10.7. The van der Waals surface area contributed by atoms with Gasteiger partial charge < -0.3 is 4.57 Å². The lowest BCUT2D eigenvalue weighted by Gasteiger charge is -2.16. The number of hydrogen-bond acceptors (Lipinski definition) is 3. The molecule has 0 spiro atoms. The Morgan fingerprint density at radius 1 is 1.29 bits per heavy atom. The lowest BCUT2D eigenvalue weighted by atomic mass is 10.2. The molecule has 2 rings (SSSR count). The van der Waals surface area contributed by atoms with Crippen molar-refractivity contribution in [3.8, 4) is 0 Å². The van der Waals surface area contributed by atoms with Crippen LogP contribution in [0.3, 0.4) is 0 Å². The Bertz CT molecular complexity index is 495. The van der Waals surface area contributed by atoms with E-state index in [2.05, 4.69) is 14.9 Å². The molecular weight excluding hydrogens is 236 g/mol. The number of halogens is 1. The maximum Gasteiger partial charge on any atom is 0.133 e. The number of aromatic nitrogens is 3. The van der Waals surface area contributed by atoms with Gasteiger partial charge in [-0.3, -0.25) is 4.90 Å². The number of imidazole rings is 1. The molecule has 0 aliphatic carbocycles. The minimum atomic E-state index is 0.569. The number of rotatable bonds is 4. The molecule has 0 N–H and O–H groups in total. The summed E-state index contributed by atoms with van der Waals surface area (Å²) in [6.07, 6.45) is 5.45. The van der Waals surface area contributed by atoms with E-state index in [1.165, 1.54) is 0 Å². The van der Waals surface area contributed by atoms with Gasteiger partial charge in [-0.2, -0.15) is 0 Å². The molecule has 0 aliphatic rings. The van der Waals surface area contributed by atoms with Crippen LogP contribution >= 0.6 is 11.6 Å². The van der Waals surface area contributed by atoms with Crippen molar-refractivity contribution in [2.24, 2.45) is 7.05 Å². The zero-order valence-electron chi connectivity index (χ0n) is 9.97. The van der Waals surface area contributed by atoms with E-state index in [0.29, 0.717) is 5.15 Å². The van der Waals surface area contributed by atoms with Crippen molar-refractivity contribution in [2.75, 3.05) is 7.05 Å². The fourth-order valence-corrected chi connectivity index (χ4v) is 1.85. The molecule has 4 nitrogen and oxygen atoms in total. The molecule has 0 unspecified atom stereocenters. The molecule has 0 fully saturated rings. The molecule has 0 radical (unpaired) electrons. The highest BCUT2D eigenvalue weighted by Gasteiger charge is 2.07. The predicted octanol–water partition coefficient (Wildman–Crippen LogP) is 2.10. The maximum absolute atomic E-state index is 6.02. The number of nitrogens with zero attached hydrogens (tertiary/aromatic N) is 4. The normalized spacial score (nSPS) is 11.1. The van der Waals surface area contributed by atoms with Crippen molar-refractivity contribution < 1.29 is 0 Å². The largest absolute Gasteiger partial charge is 0.337 e. The van der Waals surface area contributed by atoms with E-state index >= 15 is 0 Å². The quantitative estimate of drug-likeness (QED) is 0.780. The Balaban J connectivity index is 2.01. The summed E-state index contributed by atoms with van der Waals surface area (Å²) in [5, 5.41) is 0.569. The molecule has 0 saturated heterocycles. The van der Waals surface area contributed by atoms with Gasteiger partial charge in [0.05, 0.1) is 6.54 Å². The van der Waals surface area contributed by atoms with Gasteiger partial charge >= 0.3 is 0 Å². The van der Waals surface area contributed by atoms with Crippen LogP contribution < -0.4 is 0 Å². The Hall–Kier alpha value is -1.39. The van der Waals surface area contributed by atoms with Gasteiger partial charge in [0.1, 0.15) is 11.0 Å². The summed E-state index contributed by atoms with van der Waals surface area (Å²) in [6.45, 7) is 1.55. The summed E-state index contributed by atoms with van der Waals surface area (Å²) in [4.78, 5) is 10.5. The Morgan fingerprint density at radius 2 is 2.12 bits per heavy atom. The van der Waals surface area contributed by atoms with E-state index in [4.69, 9.17) is 11.6 Å². The summed E-state index contributed by atoms with van der Waals surface area (Å²) in [7, 11) is 4.03. The van der Waals surface area contributed by atoms with Crippen molar-refractivity contribution in [3.63, 3.8) is 0 Å². The first-order chi connectivity index (χ1) is 8.16. The van der Waals surface area contributed by atoms with E-state index in [0.717, 1.165) is 24.5 Å². The van der Waals surface area contributed by atoms with Crippen molar-refractivity contribution in [2.45, 2.75) is 13.1 Å². The van der Waals surface area contributed by atoms with E-state index in [9.17, 15) is 0 Å². The zero-order chi connectivity index (χ0) is 12.3. The molecule has 0 aliphatic heterocycles. The highest BCUT2D eigenvalue weighted by Crippen LogP contribution is 2.14. The molecule has 0 amide bonds. The lowest BCUT2D eigenvalue weighted by Crippen LogP contribution is -2.19. The summed E-state index contributed by atoms with van der Waals surface area (Å²) in [5.74, 6) is 1.03. The molecule has 2 aromatic heterocycles. The second-order valence-electron chi connectivity index (χ2n) is 4.08. The molecule has 17 heavy (non-hydrogen) atoms. The van der Waals surface area contributed by atoms with Crippen LogP contribution in [0.1, 0.15) is 11.4 Å². The van der Waals surface area contributed by atoms with E-state index in [-0.39, 0.29) is 0 Å². The van der Waals surface area contributed by atoms with Crippen molar-refractivity contribution >= 4 is 11.6 Å². The van der Waals surface area contributed by atoms with E-state index < -0.39 is 0 Å². The van der Waals surface area contributed by atoms with Gasteiger partial charge in [0.2, 0.25) is 0 Å². The first kappa shape index (κ1) is 12.1. The molecule has 2 heterocycles. The molecule has 0 bridgehead atoms. The van der Waals surface area contributed by atoms with E-state index in [1.54, 1.807) is 12.4 Å². The average molecular weight is 251 g/mol. The van der Waals surface area contributed by atoms with Gasteiger partial charge in [0.25, 0.3) is 0 Å². The third kappa shape index (κ3) is 3.05. The third-order valence-electron chi connectivity index (χ3n) is 2.61. The van der Waals surface area contributed by atoms with Gasteiger partial charge in [-0.1, -0.05) is 17.7 Å². The van der Waals surface area contributed by atoms with Gasteiger partial charge in [-0.15, -0.1) is 0 Å². The van der Waals surface area contributed by atoms with Crippen LogP contribution in [0.2, 0.25) is 5.15 Å². The molecular formula is C12H15ClN4. The molecule has 0 aromatic carbocycles. The Kier molecular flexibility index (Phi) is 3.76. The van der Waals surface area contributed by atoms with Crippen LogP contribution in [0.4, 0.5) is 0 Å². The smallest absolute Gasteiger partial charge is 0.133 e. The minimum absolute atomic E-state index is 0.569. The Morgan fingerprint density at radius 3 is 2.76 bits per heavy atom. The fraction of sp³-hybridized carbons (Fsp3) is 0.333. The van der Waals surface area contributed by atoms with Crippen LogP contribution in [0.25, 0.3) is 0 Å². The van der Waals surface area contributed by atoms with Crippen LogP contribution in [-0.4, -0.2) is 26.5 Å². The molecule has 5 heteroatoms. The maximum atomic E-state index is 6.02. The van der Waals surface area contributed by atoms with Crippen LogP contribution in [0.5, 0.6) is 0 Å². The Labute approximate surface area is 106 Å². The van der Waals surface area contributed by atoms with Gasteiger partial charge in [-0.25, -0.2) is 9.97 Å². The van der Waals surface area contributed by atoms with E-state index in [1.807, 2.05) is 37.0 Å². The fourth-order valence-electron chi connectivity index (χ4n) is 1.67. The van der Waals surface area contributed by atoms with Crippen molar-refractivity contribution in [1.82, 2.24) is 19.4 Å². The summed E-state index contributed by atoms with van der Waals surface area (Å²) in [6, 6.07) is 3.89. The lowest BCUT2D eigenvalue weighted by molar-refractivity contribution is 0.307. The summed E-state index contributed by atoms with van der Waals surface area (Å²) < 4.78 is 2.02. The highest BCUT2D eigenvalue weighted by atomic mass is 35.5. The topological polar surface area (TPSA) is 34.0 Å². The van der Waals surface area contributed by atoms with Crippen LogP contribution in [-0.2, 0) is 20.1 Å². The van der Waals surface area contributed by atoms with Crippen LogP contribution in [0, 0.1) is 0 Å². The summed E-state index contributed by atoms with van der Waals surface area (Å²) >= 11 is 6.02. The van der Waals surface area contributed by atoms with Gasteiger partial charge in [-0.05, 0) is 13.1 Å². The second-order valence-corrected chi connectivity index (χ2v) is 4.44. The van der Waals surface area contributed by atoms with Gasteiger partial charge in [0, 0.05) is 37.7 Å². The number of pyridine rings is 1. The predicted molar refractivity (Wildman–Crippen MR) is 67.6 cm³/mol. The minimum Gasteiger partial charge on any atom is -0.337 e. The SMILES string of the molecule is CN(Cc1cccnc1Cl)Cc1nccn1C. The third-order valence-corrected chi connectivity index (χ3v) is 2.95. The summed E-state index contributed by atoms with van der Waals surface area (Å²) in [5.41, 5.74) is 1.03. The monoisotopic (exact) mass is 250 g/mol. The molecule has 2 aromatic rings. The van der Waals surface area contributed by atoms with Crippen LogP contribution in [0.15, 0.2) is 30.7 Å². The first-order valence-electron chi connectivity index (χ1n) is 5.41. The molecule has 90 valence electrons. The number of hydrogen-bond donors (Lipinski definition) is 0.